The van der Waals surface area contributed by atoms with Gasteiger partial charge in [-0.1, -0.05) is 0 Å². The van der Waals surface area contributed by atoms with Gasteiger partial charge in [-0.3, -0.25) is 4.98 Å². The van der Waals surface area contributed by atoms with Crippen molar-refractivity contribution in [3.8, 4) is 0 Å². The molecule has 2 heterocycles. The van der Waals surface area contributed by atoms with Crippen LogP contribution in [0.15, 0.2) is 35.2 Å². The maximum Gasteiger partial charge on any atom is 0.0571 e. The minimum atomic E-state index is 0.301. The van der Waals surface area contributed by atoms with Crippen molar-refractivity contribution in [3.63, 3.8) is 0 Å². The van der Waals surface area contributed by atoms with Crippen molar-refractivity contribution in [1.82, 2.24) is 10.3 Å². The first kappa shape index (κ1) is 13.6. The summed E-state index contributed by atoms with van der Waals surface area (Å²) in [6.45, 7) is 3.13. The van der Waals surface area contributed by atoms with Crippen LogP contribution in [-0.2, 0) is 6.54 Å². The summed E-state index contributed by atoms with van der Waals surface area (Å²) in [6, 6.07) is 7.56. The lowest BCUT2D eigenvalue weighted by atomic mass is 10.2. The van der Waals surface area contributed by atoms with Crippen molar-refractivity contribution in [2.75, 3.05) is 11.9 Å². The Hall–Kier alpha value is -1.39. The van der Waals surface area contributed by atoms with Gasteiger partial charge in [-0.15, -0.1) is 0 Å². The van der Waals surface area contributed by atoms with Crippen LogP contribution in [0.5, 0.6) is 0 Å². The third-order valence-electron chi connectivity index (χ3n) is 3.90. The van der Waals surface area contributed by atoms with Crippen LogP contribution < -0.4 is 10.2 Å². The van der Waals surface area contributed by atoms with Gasteiger partial charge in [-0.25, -0.2) is 0 Å². The van der Waals surface area contributed by atoms with Gasteiger partial charge in [-0.2, -0.15) is 11.3 Å². The summed E-state index contributed by atoms with van der Waals surface area (Å²) >= 11 is 1.77. The molecule has 0 aliphatic heterocycles. The van der Waals surface area contributed by atoms with Gasteiger partial charge in [0.05, 0.1) is 17.6 Å². The van der Waals surface area contributed by atoms with E-state index < -0.39 is 0 Å². The number of rotatable bonds is 6. The highest BCUT2D eigenvalue weighted by Gasteiger charge is 2.29. The molecule has 106 valence electrons. The van der Waals surface area contributed by atoms with Crippen LogP contribution in [-0.4, -0.2) is 18.1 Å². The zero-order valence-electron chi connectivity index (χ0n) is 12.0. The number of thiophene rings is 1. The summed E-state index contributed by atoms with van der Waals surface area (Å²) in [5.41, 5.74) is 3.74. The number of hydrogen-bond acceptors (Lipinski definition) is 4. The second-order valence-corrected chi connectivity index (χ2v) is 6.22. The lowest BCUT2D eigenvalue weighted by Crippen LogP contribution is -2.25. The fourth-order valence-corrected chi connectivity index (χ4v) is 3.03. The molecule has 1 N–H and O–H groups in total. The molecule has 20 heavy (non-hydrogen) atoms. The van der Waals surface area contributed by atoms with Crippen molar-refractivity contribution < 1.29 is 0 Å². The van der Waals surface area contributed by atoms with Gasteiger partial charge in [0.15, 0.2) is 0 Å². The molecular formula is C16H21N3S. The van der Waals surface area contributed by atoms with Gasteiger partial charge < -0.3 is 10.2 Å². The summed E-state index contributed by atoms with van der Waals surface area (Å²) in [7, 11) is 1.97. The minimum absolute atomic E-state index is 0.301. The first-order chi connectivity index (χ1) is 9.78. The molecule has 1 unspecified atom stereocenters. The summed E-state index contributed by atoms with van der Waals surface area (Å²) in [6.07, 6.45) is 4.63. The van der Waals surface area contributed by atoms with Crippen LogP contribution in [0.2, 0.25) is 0 Å². The van der Waals surface area contributed by atoms with Gasteiger partial charge in [0.1, 0.15) is 0 Å². The zero-order chi connectivity index (χ0) is 13.9. The molecule has 0 aromatic carbocycles. The van der Waals surface area contributed by atoms with Crippen LogP contribution in [0.1, 0.15) is 37.1 Å². The second kappa shape index (κ2) is 5.94. The molecule has 3 nitrogen and oxygen atoms in total. The molecule has 1 aliphatic rings. The summed E-state index contributed by atoms with van der Waals surface area (Å²) < 4.78 is 0. The molecule has 0 radical (unpaired) electrons. The topological polar surface area (TPSA) is 28.2 Å². The molecule has 0 amide bonds. The fraction of sp³-hybridized carbons (Fsp3) is 0.438. The van der Waals surface area contributed by atoms with E-state index in [0.717, 1.165) is 12.2 Å². The largest absolute Gasteiger partial charge is 0.363 e. The van der Waals surface area contributed by atoms with E-state index in [1.54, 1.807) is 11.3 Å². The van der Waals surface area contributed by atoms with E-state index in [-0.39, 0.29) is 0 Å². The number of nitrogens with zero attached hydrogens (tertiary/aromatic N) is 2. The lowest BCUT2D eigenvalue weighted by Gasteiger charge is -2.24. The molecular weight excluding hydrogens is 266 g/mol. The minimum Gasteiger partial charge on any atom is -0.363 e. The quantitative estimate of drug-likeness (QED) is 0.880. The van der Waals surface area contributed by atoms with Crippen molar-refractivity contribution >= 4 is 17.0 Å². The number of pyridine rings is 1. The van der Waals surface area contributed by atoms with E-state index in [9.17, 15) is 0 Å². The highest BCUT2D eigenvalue weighted by molar-refractivity contribution is 7.07. The molecule has 3 rings (SSSR count). The maximum absolute atomic E-state index is 4.61. The van der Waals surface area contributed by atoms with E-state index in [4.69, 9.17) is 0 Å². The Morgan fingerprint density at radius 1 is 1.40 bits per heavy atom. The Labute approximate surface area is 124 Å². The van der Waals surface area contributed by atoms with E-state index in [1.807, 2.05) is 13.2 Å². The molecule has 1 aliphatic carbocycles. The number of hydrogen-bond donors (Lipinski definition) is 1. The van der Waals surface area contributed by atoms with Crippen molar-refractivity contribution in [3.05, 3.63) is 46.4 Å². The van der Waals surface area contributed by atoms with Crippen LogP contribution >= 0.6 is 11.3 Å². The Balaban J connectivity index is 1.77. The van der Waals surface area contributed by atoms with Gasteiger partial charge in [0.25, 0.3) is 0 Å². The Morgan fingerprint density at radius 3 is 2.80 bits per heavy atom. The monoisotopic (exact) mass is 287 g/mol. The lowest BCUT2D eigenvalue weighted by molar-refractivity contribution is 0.632. The third kappa shape index (κ3) is 3.02. The van der Waals surface area contributed by atoms with Crippen LogP contribution in [0.3, 0.4) is 0 Å². The molecule has 0 bridgehead atoms. The fourth-order valence-electron chi connectivity index (χ4n) is 2.37. The smallest absolute Gasteiger partial charge is 0.0571 e. The average molecular weight is 287 g/mol. The summed E-state index contributed by atoms with van der Waals surface area (Å²) in [5.74, 6) is 0. The Kier molecular flexibility index (Phi) is 4.03. The first-order valence-electron chi connectivity index (χ1n) is 7.19. The molecule has 1 saturated carbocycles. The van der Waals surface area contributed by atoms with Gasteiger partial charge in [0.2, 0.25) is 0 Å². The summed E-state index contributed by atoms with van der Waals surface area (Å²) in [5, 5.41) is 7.61. The molecule has 4 heteroatoms. The third-order valence-corrected chi connectivity index (χ3v) is 4.63. The predicted molar refractivity (Wildman–Crippen MR) is 85.2 cm³/mol. The second-order valence-electron chi connectivity index (χ2n) is 5.44. The first-order valence-corrected chi connectivity index (χ1v) is 8.13. The van der Waals surface area contributed by atoms with Crippen molar-refractivity contribution in [1.29, 1.82) is 0 Å². The molecule has 1 atom stereocenters. The molecule has 0 spiro atoms. The van der Waals surface area contributed by atoms with Crippen LogP contribution in [0.4, 0.5) is 5.69 Å². The normalized spacial score (nSPS) is 16.1. The number of nitrogens with one attached hydrogen (secondary N) is 1. The number of aromatic nitrogens is 1. The van der Waals surface area contributed by atoms with E-state index in [1.165, 1.54) is 24.1 Å². The summed E-state index contributed by atoms with van der Waals surface area (Å²) in [4.78, 5) is 7.10. The van der Waals surface area contributed by atoms with Crippen molar-refractivity contribution in [2.24, 2.45) is 0 Å². The highest BCUT2D eigenvalue weighted by atomic mass is 32.1. The predicted octanol–water partition coefficient (Wildman–Crippen LogP) is 3.59. The van der Waals surface area contributed by atoms with Crippen molar-refractivity contribution in [2.45, 2.75) is 38.4 Å². The van der Waals surface area contributed by atoms with Crippen LogP contribution in [0.25, 0.3) is 0 Å². The van der Waals surface area contributed by atoms with Crippen LogP contribution in [0, 0.1) is 0 Å². The average Bonchev–Trinajstić information content (AvgIpc) is 3.21. The molecule has 1 fully saturated rings. The standard InChI is InChI=1S/C16H21N3S/c1-12(17-2)16-6-5-15(9-18-16)19(14-3-4-14)10-13-7-8-20-11-13/h5-9,11-12,14,17H,3-4,10H2,1-2H3. The SMILES string of the molecule is CNC(C)c1ccc(N(Cc2ccsc2)C2CC2)cn1. The van der Waals surface area contributed by atoms with Gasteiger partial charge in [0, 0.05) is 18.6 Å². The Morgan fingerprint density at radius 2 is 2.25 bits per heavy atom. The zero-order valence-corrected chi connectivity index (χ0v) is 12.9. The van der Waals surface area contributed by atoms with E-state index in [0.29, 0.717) is 12.1 Å². The van der Waals surface area contributed by atoms with E-state index in [2.05, 4.69) is 51.1 Å². The van der Waals surface area contributed by atoms with Gasteiger partial charge in [-0.05, 0) is 61.3 Å². The Bertz CT molecular complexity index is 531. The molecule has 2 aromatic heterocycles. The molecule has 2 aromatic rings. The maximum atomic E-state index is 4.61. The van der Waals surface area contributed by atoms with Gasteiger partial charge >= 0.3 is 0 Å². The highest BCUT2D eigenvalue weighted by Crippen LogP contribution is 2.33. The molecule has 0 saturated heterocycles. The number of anilines is 1. The van der Waals surface area contributed by atoms with E-state index >= 15 is 0 Å².